The standard InChI is InChI=1S/C44H53ClN8O4/c1-27(24-53-21-17-32(54)25-53)23-31-15-19-47-41(40(31)46-3)48-35-9-5-7-33(28(35)2)34-8-6-10-36(39(34)45)50-43(55)42-49-37-26-52(22-18-38(37)51(42)4)20-16-29-11-13-30(14-12-29)44(56)57/h5-10,15,19,23,29-30,32,54H,3,11-14,16-18,20-22,24-26H2,1-2,4H3,(H,47,48)(H,50,55)(H,56,57)/b27-23+/t29?,30?,32-/m1/s1. The van der Waals surface area contributed by atoms with E-state index in [1.54, 1.807) is 12.3 Å². The quantitative estimate of drug-likeness (QED) is 0.0993. The molecule has 0 spiro atoms. The van der Waals surface area contributed by atoms with Crippen molar-refractivity contribution in [2.24, 2.45) is 23.9 Å². The highest BCUT2D eigenvalue weighted by Gasteiger charge is 2.29. The zero-order valence-electron chi connectivity index (χ0n) is 33.1. The Bertz CT molecular complexity index is 2170. The molecule has 57 heavy (non-hydrogen) atoms. The lowest BCUT2D eigenvalue weighted by molar-refractivity contribution is -0.143. The van der Waals surface area contributed by atoms with Gasteiger partial charge in [-0.05, 0) is 101 Å². The van der Waals surface area contributed by atoms with E-state index in [1.807, 2.05) is 54.9 Å². The molecular weight excluding hydrogens is 740 g/mol. The third-order valence-electron chi connectivity index (χ3n) is 11.9. The van der Waals surface area contributed by atoms with E-state index in [2.05, 4.69) is 50.1 Å². The van der Waals surface area contributed by atoms with E-state index in [-0.39, 0.29) is 17.9 Å². The summed E-state index contributed by atoms with van der Waals surface area (Å²) in [7, 11) is 1.90. The number of benzene rings is 2. The molecule has 1 saturated carbocycles. The molecule has 0 radical (unpaired) electrons. The Morgan fingerprint density at radius 2 is 1.79 bits per heavy atom. The Labute approximate surface area is 339 Å². The third kappa shape index (κ3) is 9.15. The van der Waals surface area contributed by atoms with Crippen LogP contribution in [0.25, 0.3) is 17.2 Å². The summed E-state index contributed by atoms with van der Waals surface area (Å²) >= 11 is 7.07. The second-order valence-corrected chi connectivity index (χ2v) is 16.3. The summed E-state index contributed by atoms with van der Waals surface area (Å²) in [6, 6.07) is 13.5. The Hall–Kier alpha value is -4.88. The van der Waals surface area contributed by atoms with Gasteiger partial charge >= 0.3 is 5.97 Å². The minimum atomic E-state index is -0.664. The predicted octanol–water partition coefficient (Wildman–Crippen LogP) is 7.88. The second kappa shape index (κ2) is 17.7. The van der Waals surface area contributed by atoms with Crippen molar-refractivity contribution in [1.82, 2.24) is 24.3 Å². The SMILES string of the molecule is C=Nc1c(/C=C(\C)CN2CC[C@@H](O)C2)ccnc1Nc1cccc(-c2cccc(NC(=O)c3nc4c(n3C)CCN(CCC3CCC(C(=O)O)CC3)C4)c2Cl)c1C. The van der Waals surface area contributed by atoms with Gasteiger partial charge in [0.1, 0.15) is 5.69 Å². The van der Waals surface area contributed by atoms with Crippen LogP contribution in [0.5, 0.6) is 0 Å². The molecule has 300 valence electrons. The molecule has 2 aliphatic heterocycles. The number of fused-ring (bicyclic) bond motifs is 1. The van der Waals surface area contributed by atoms with Crippen molar-refractivity contribution in [1.29, 1.82) is 0 Å². The third-order valence-corrected chi connectivity index (χ3v) is 12.4. The maximum atomic E-state index is 13.8. The number of pyridine rings is 1. The van der Waals surface area contributed by atoms with E-state index >= 15 is 0 Å². The van der Waals surface area contributed by atoms with Gasteiger partial charge in [0.15, 0.2) is 11.6 Å². The van der Waals surface area contributed by atoms with Gasteiger partial charge in [-0.25, -0.2) is 9.97 Å². The average molecular weight is 793 g/mol. The number of carboxylic acids is 1. The van der Waals surface area contributed by atoms with Crippen LogP contribution < -0.4 is 10.6 Å². The number of halogens is 1. The van der Waals surface area contributed by atoms with E-state index in [1.165, 1.54) is 0 Å². The lowest BCUT2D eigenvalue weighted by atomic mass is 9.80. The van der Waals surface area contributed by atoms with Crippen molar-refractivity contribution in [3.8, 4) is 11.1 Å². The number of nitrogens with zero attached hydrogens (tertiary/aromatic N) is 6. The lowest BCUT2D eigenvalue weighted by Crippen LogP contribution is -2.33. The molecular formula is C44H53ClN8O4. The number of hydrogen-bond donors (Lipinski definition) is 4. The number of aliphatic carboxylic acids is 1. The molecule has 12 nitrogen and oxygen atoms in total. The first-order valence-corrected chi connectivity index (χ1v) is 20.4. The maximum Gasteiger partial charge on any atom is 0.306 e. The zero-order chi connectivity index (χ0) is 40.2. The molecule has 7 rings (SSSR count). The number of nitrogens with one attached hydrogen (secondary N) is 2. The predicted molar refractivity (Wildman–Crippen MR) is 227 cm³/mol. The Morgan fingerprint density at radius 3 is 2.51 bits per heavy atom. The highest BCUT2D eigenvalue weighted by Crippen LogP contribution is 2.39. The molecule has 1 amide bonds. The molecule has 13 heteroatoms. The molecule has 1 saturated heterocycles. The topological polar surface area (TPSA) is 148 Å². The largest absolute Gasteiger partial charge is 0.481 e. The van der Waals surface area contributed by atoms with Crippen molar-refractivity contribution in [3.05, 3.63) is 87.6 Å². The van der Waals surface area contributed by atoms with Gasteiger partial charge in [-0.2, -0.15) is 0 Å². The zero-order valence-corrected chi connectivity index (χ0v) is 33.9. The molecule has 0 bridgehead atoms. The minimum Gasteiger partial charge on any atom is -0.481 e. The molecule has 4 N–H and O–H groups in total. The Morgan fingerprint density at radius 1 is 1.04 bits per heavy atom. The number of carboxylic acid groups (broad SMARTS) is 1. The number of carbonyl (C=O) groups is 2. The summed E-state index contributed by atoms with van der Waals surface area (Å²) in [6.45, 7) is 12.8. The molecule has 1 atom stereocenters. The minimum absolute atomic E-state index is 0.191. The highest BCUT2D eigenvalue weighted by atomic mass is 35.5. The molecule has 0 unspecified atom stereocenters. The number of aromatic nitrogens is 3. The number of carbonyl (C=O) groups excluding carboxylic acids is 1. The summed E-state index contributed by atoms with van der Waals surface area (Å²) in [6.07, 6.45) is 9.74. The Kier molecular flexibility index (Phi) is 12.5. The van der Waals surface area contributed by atoms with Crippen LogP contribution in [-0.2, 0) is 24.8 Å². The number of imidazole rings is 1. The maximum absolute atomic E-state index is 13.8. The fourth-order valence-corrected chi connectivity index (χ4v) is 8.98. The summed E-state index contributed by atoms with van der Waals surface area (Å²) in [5, 5.41) is 26.2. The highest BCUT2D eigenvalue weighted by molar-refractivity contribution is 6.36. The van der Waals surface area contributed by atoms with Crippen molar-refractivity contribution in [2.75, 3.05) is 43.4 Å². The lowest BCUT2D eigenvalue weighted by Gasteiger charge is -2.30. The normalized spacial score (nSPS) is 20.3. The fraction of sp³-hybridized carbons (Fsp3) is 0.432. The second-order valence-electron chi connectivity index (χ2n) is 15.9. The van der Waals surface area contributed by atoms with Gasteiger partial charge in [0, 0.05) is 74.9 Å². The number of likely N-dealkylation sites (tertiary alicyclic amines) is 1. The summed E-state index contributed by atoms with van der Waals surface area (Å²) in [5.41, 5.74) is 8.64. The molecule has 2 aromatic heterocycles. The van der Waals surface area contributed by atoms with Gasteiger partial charge in [-0.3, -0.25) is 24.4 Å². The molecule has 4 heterocycles. The number of aliphatic imine (C=N–C) groups is 1. The summed E-state index contributed by atoms with van der Waals surface area (Å²) < 4.78 is 1.90. The molecule has 1 aliphatic carbocycles. The van der Waals surface area contributed by atoms with Gasteiger partial charge in [0.05, 0.1) is 28.4 Å². The Balaban J connectivity index is 1.03. The fourth-order valence-electron chi connectivity index (χ4n) is 8.71. The average Bonchev–Trinajstić information content (AvgIpc) is 3.76. The first kappa shape index (κ1) is 40.3. The first-order chi connectivity index (χ1) is 27.5. The number of β-amino-alcohol motifs (C(OH)–C–C–N with tert-alkyl or cyclic N) is 1. The van der Waals surface area contributed by atoms with Crippen molar-refractivity contribution < 1.29 is 19.8 Å². The van der Waals surface area contributed by atoms with Crippen LogP contribution >= 0.6 is 11.6 Å². The number of hydrogen-bond acceptors (Lipinski definition) is 9. The van der Waals surface area contributed by atoms with Crippen LogP contribution in [0.15, 0.2) is 59.2 Å². The van der Waals surface area contributed by atoms with E-state index < -0.39 is 5.97 Å². The molecule has 2 fully saturated rings. The number of aliphatic hydroxyl groups excluding tert-OH is 1. The van der Waals surface area contributed by atoms with E-state index in [0.29, 0.717) is 47.0 Å². The number of rotatable bonds is 13. The van der Waals surface area contributed by atoms with Crippen LogP contribution in [0.2, 0.25) is 5.02 Å². The van der Waals surface area contributed by atoms with E-state index in [9.17, 15) is 19.8 Å². The van der Waals surface area contributed by atoms with Gasteiger partial charge in [0.2, 0.25) is 0 Å². The smallest absolute Gasteiger partial charge is 0.306 e. The van der Waals surface area contributed by atoms with Crippen LogP contribution in [0.1, 0.15) is 78.6 Å². The van der Waals surface area contributed by atoms with Crippen LogP contribution in [-0.4, -0.2) is 92.0 Å². The van der Waals surface area contributed by atoms with Gasteiger partial charge in [-0.1, -0.05) is 47.5 Å². The van der Waals surface area contributed by atoms with Crippen LogP contribution in [0.4, 0.5) is 22.9 Å². The number of aliphatic hydroxyl groups is 1. The molecule has 4 aromatic rings. The van der Waals surface area contributed by atoms with Gasteiger partial charge < -0.3 is 25.4 Å². The monoisotopic (exact) mass is 792 g/mol. The van der Waals surface area contributed by atoms with Crippen LogP contribution in [0, 0.1) is 18.8 Å². The summed E-state index contributed by atoms with van der Waals surface area (Å²) in [4.78, 5) is 43.5. The number of amides is 1. The first-order valence-electron chi connectivity index (χ1n) is 20.0. The van der Waals surface area contributed by atoms with Crippen molar-refractivity contribution >= 4 is 59.2 Å². The van der Waals surface area contributed by atoms with Crippen molar-refractivity contribution in [2.45, 2.75) is 71.4 Å². The van der Waals surface area contributed by atoms with Crippen molar-refractivity contribution in [3.63, 3.8) is 0 Å². The number of anilines is 3. The van der Waals surface area contributed by atoms with Gasteiger partial charge in [-0.15, -0.1) is 0 Å². The van der Waals surface area contributed by atoms with Crippen LogP contribution in [0.3, 0.4) is 0 Å². The summed E-state index contributed by atoms with van der Waals surface area (Å²) in [5.74, 6) is 0.311. The van der Waals surface area contributed by atoms with E-state index in [4.69, 9.17) is 16.6 Å². The molecule has 2 aromatic carbocycles. The molecule has 3 aliphatic rings. The van der Waals surface area contributed by atoms with E-state index in [0.717, 1.165) is 116 Å². The van der Waals surface area contributed by atoms with Gasteiger partial charge in [0.25, 0.3) is 5.91 Å².